The molecule has 2 aromatic carbocycles. The SMILES string of the molecule is O=C(CCc1ccc2c(c1)OCO2)Nc1ccccc1C(=O)NC[C@@H]1CCCO1. The number of para-hydroxylation sites is 1. The average Bonchev–Trinajstić information content (AvgIpc) is 3.42. The summed E-state index contributed by atoms with van der Waals surface area (Å²) in [6.07, 6.45) is 2.92. The molecule has 2 N–H and O–H groups in total. The topological polar surface area (TPSA) is 85.9 Å². The van der Waals surface area contributed by atoms with Gasteiger partial charge in [-0.25, -0.2) is 0 Å². The molecule has 1 fully saturated rings. The molecule has 2 aliphatic heterocycles. The van der Waals surface area contributed by atoms with E-state index in [1.165, 1.54) is 0 Å². The fraction of sp³-hybridized carbons (Fsp3) is 0.364. The van der Waals surface area contributed by atoms with E-state index in [-0.39, 0.29) is 24.7 Å². The summed E-state index contributed by atoms with van der Waals surface area (Å²) in [5, 5.41) is 5.75. The summed E-state index contributed by atoms with van der Waals surface area (Å²) in [5.74, 6) is 1.06. The molecule has 29 heavy (non-hydrogen) atoms. The van der Waals surface area contributed by atoms with Gasteiger partial charge in [0.1, 0.15) is 0 Å². The summed E-state index contributed by atoms with van der Waals surface area (Å²) in [7, 11) is 0. The zero-order valence-corrected chi connectivity index (χ0v) is 16.1. The van der Waals surface area contributed by atoms with E-state index in [2.05, 4.69) is 10.6 Å². The van der Waals surface area contributed by atoms with Crippen molar-refractivity contribution in [2.45, 2.75) is 31.8 Å². The molecule has 0 saturated carbocycles. The van der Waals surface area contributed by atoms with Gasteiger partial charge in [0.05, 0.1) is 17.4 Å². The molecule has 4 rings (SSSR count). The number of fused-ring (bicyclic) bond motifs is 1. The van der Waals surface area contributed by atoms with Crippen LogP contribution in [0.25, 0.3) is 0 Å². The third kappa shape index (κ3) is 4.86. The minimum atomic E-state index is -0.216. The lowest BCUT2D eigenvalue weighted by molar-refractivity contribution is -0.116. The first-order valence-electron chi connectivity index (χ1n) is 9.86. The standard InChI is InChI=1S/C22H24N2O5/c25-21(10-8-15-7-9-19-20(12-15)29-14-28-19)24-18-6-2-1-5-17(18)22(26)23-13-16-4-3-11-27-16/h1-2,5-7,9,12,16H,3-4,8,10-11,13-14H2,(H,23,26)(H,24,25)/t16-/m0/s1. The van der Waals surface area contributed by atoms with Crippen LogP contribution in [-0.2, 0) is 16.0 Å². The molecule has 0 radical (unpaired) electrons. The van der Waals surface area contributed by atoms with Gasteiger partial charge in [0.25, 0.3) is 5.91 Å². The van der Waals surface area contributed by atoms with Crippen LogP contribution >= 0.6 is 0 Å². The molecule has 1 saturated heterocycles. The number of nitrogens with one attached hydrogen (secondary N) is 2. The lowest BCUT2D eigenvalue weighted by atomic mass is 10.1. The van der Waals surface area contributed by atoms with Gasteiger partial charge in [0.2, 0.25) is 12.7 Å². The van der Waals surface area contributed by atoms with Crippen LogP contribution in [0.15, 0.2) is 42.5 Å². The first-order valence-corrected chi connectivity index (χ1v) is 9.86. The van der Waals surface area contributed by atoms with Crippen molar-refractivity contribution < 1.29 is 23.8 Å². The van der Waals surface area contributed by atoms with Crippen LogP contribution in [0.3, 0.4) is 0 Å². The van der Waals surface area contributed by atoms with Gasteiger partial charge in [-0.15, -0.1) is 0 Å². The highest BCUT2D eigenvalue weighted by Gasteiger charge is 2.19. The maximum absolute atomic E-state index is 12.5. The second kappa shape index (κ2) is 8.96. The Morgan fingerprint density at radius 2 is 1.93 bits per heavy atom. The number of carbonyl (C=O) groups excluding carboxylic acids is 2. The van der Waals surface area contributed by atoms with Gasteiger partial charge < -0.3 is 24.8 Å². The number of ether oxygens (including phenoxy) is 3. The van der Waals surface area contributed by atoms with Crippen LogP contribution in [0.1, 0.15) is 35.2 Å². The van der Waals surface area contributed by atoms with Gasteiger partial charge in [-0.05, 0) is 49.1 Å². The van der Waals surface area contributed by atoms with Crippen molar-refractivity contribution in [1.29, 1.82) is 0 Å². The van der Waals surface area contributed by atoms with E-state index in [0.29, 0.717) is 36.4 Å². The highest BCUT2D eigenvalue weighted by Crippen LogP contribution is 2.32. The fourth-order valence-corrected chi connectivity index (χ4v) is 3.46. The number of hydrogen-bond acceptors (Lipinski definition) is 5. The Morgan fingerprint density at radius 3 is 2.79 bits per heavy atom. The Morgan fingerprint density at radius 1 is 1.07 bits per heavy atom. The van der Waals surface area contributed by atoms with E-state index < -0.39 is 0 Å². The monoisotopic (exact) mass is 396 g/mol. The van der Waals surface area contributed by atoms with E-state index >= 15 is 0 Å². The minimum absolute atomic E-state index is 0.0717. The number of benzene rings is 2. The summed E-state index contributed by atoms with van der Waals surface area (Å²) in [6.45, 7) is 1.45. The third-order valence-electron chi connectivity index (χ3n) is 5.04. The minimum Gasteiger partial charge on any atom is -0.454 e. The Bertz CT molecular complexity index is 893. The third-order valence-corrected chi connectivity index (χ3v) is 5.04. The fourth-order valence-electron chi connectivity index (χ4n) is 3.46. The van der Waals surface area contributed by atoms with Crippen LogP contribution in [0, 0.1) is 0 Å². The van der Waals surface area contributed by atoms with E-state index in [4.69, 9.17) is 14.2 Å². The summed E-state index contributed by atoms with van der Waals surface area (Å²) < 4.78 is 16.2. The molecule has 7 nitrogen and oxygen atoms in total. The second-order valence-electron chi connectivity index (χ2n) is 7.13. The molecule has 0 aliphatic carbocycles. The van der Waals surface area contributed by atoms with Gasteiger partial charge in [-0.2, -0.15) is 0 Å². The van der Waals surface area contributed by atoms with Crippen molar-refractivity contribution in [3.63, 3.8) is 0 Å². The number of carbonyl (C=O) groups is 2. The van der Waals surface area contributed by atoms with E-state index in [1.807, 2.05) is 18.2 Å². The zero-order valence-electron chi connectivity index (χ0n) is 16.1. The predicted molar refractivity (Wildman–Crippen MR) is 107 cm³/mol. The highest BCUT2D eigenvalue weighted by atomic mass is 16.7. The van der Waals surface area contributed by atoms with Gasteiger partial charge in [-0.3, -0.25) is 9.59 Å². The van der Waals surface area contributed by atoms with Crippen LogP contribution < -0.4 is 20.1 Å². The van der Waals surface area contributed by atoms with Gasteiger partial charge in [-0.1, -0.05) is 18.2 Å². The van der Waals surface area contributed by atoms with Gasteiger partial charge in [0, 0.05) is 19.6 Å². The van der Waals surface area contributed by atoms with Crippen molar-refractivity contribution in [3.05, 3.63) is 53.6 Å². The van der Waals surface area contributed by atoms with Crippen molar-refractivity contribution in [1.82, 2.24) is 5.32 Å². The highest BCUT2D eigenvalue weighted by molar-refractivity contribution is 6.03. The molecule has 152 valence electrons. The molecule has 2 aliphatic rings. The summed E-state index contributed by atoms with van der Waals surface area (Å²) in [4.78, 5) is 25.0. The van der Waals surface area contributed by atoms with Crippen molar-refractivity contribution in [3.8, 4) is 11.5 Å². The molecule has 2 heterocycles. The lowest BCUT2D eigenvalue weighted by Crippen LogP contribution is -2.32. The Hall–Kier alpha value is -3.06. The average molecular weight is 396 g/mol. The Labute approximate surface area is 169 Å². The number of rotatable bonds is 7. The van der Waals surface area contributed by atoms with E-state index in [9.17, 15) is 9.59 Å². The predicted octanol–water partition coefficient (Wildman–Crippen LogP) is 2.90. The first kappa shape index (κ1) is 19.3. The number of aryl methyl sites for hydroxylation is 1. The second-order valence-corrected chi connectivity index (χ2v) is 7.13. The van der Waals surface area contributed by atoms with Crippen molar-refractivity contribution >= 4 is 17.5 Å². The number of hydrogen-bond donors (Lipinski definition) is 2. The van der Waals surface area contributed by atoms with E-state index in [0.717, 1.165) is 30.8 Å². The molecule has 0 unspecified atom stereocenters. The molecule has 2 amide bonds. The molecule has 0 aromatic heterocycles. The lowest BCUT2D eigenvalue weighted by Gasteiger charge is -2.14. The Balaban J connectivity index is 1.32. The quantitative estimate of drug-likeness (QED) is 0.752. The summed E-state index contributed by atoms with van der Waals surface area (Å²) in [5.41, 5.74) is 1.95. The normalized spacial score (nSPS) is 17.2. The van der Waals surface area contributed by atoms with Crippen molar-refractivity contribution in [2.75, 3.05) is 25.3 Å². The van der Waals surface area contributed by atoms with Crippen LogP contribution in [0.5, 0.6) is 11.5 Å². The number of amides is 2. The zero-order chi connectivity index (χ0) is 20.1. The first-order chi connectivity index (χ1) is 14.2. The Kier molecular flexibility index (Phi) is 5.95. The summed E-state index contributed by atoms with van der Waals surface area (Å²) in [6, 6.07) is 12.7. The molecule has 7 heteroatoms. The van der Waals surface area contributed by atoms with Gasteiger partial charge in [0.15, 0.2) is 11.5 Å². The molecule has 0 bridgehead atoms. The van der Waals surface area contributed by atoms with Gasteiger partial charge >= 0.3 is 0 Å². The maximum atomic E-state index is 12.5. The van der Waals surface area contributed by atoms with Crippen LogP contribution in [-0.4, -0.2) is 37.9 Å². The molecular weight excluding hydrogens is 372 g/mol. The van der Waals surface area contributed by atoms with Crippen LogP contribution in [0.4, 0.5) is 5.69 Å². The molecule has 2 aromatic rings. The largest absolute Gasteiger partial charge is 0.454 e. The molecular formula is C22H24N2O5. The smallest absolute Gasteiger partial charge is 0.253 e. The summed E-state index contributed by atoms with van der Waals surface area (Å²) >= 11 is 0. The van der Waals surface area contributed by atoms with Crippen molar-refractivity contribution in [2.24, 2.45) is 0 Å². The maximum Gasteiger partial charge on any atom is 0.253 e. The molecule has 1 atom stereocenters. The van der Waals surface area contributed by atoms with Crippen LogP contribution in [0.2, 0.25) is 0 Å². The van der Waals surface area contributed by atoms with E-state index in [1.54, 1.807) is 24.3 Å². The molecule has 0 spiro atoms. The number of anilines is 1.